The standard InChI is InChI=1S/C14H29NO2/c1-7-11(3)9-12(8-2)10-15-13(16)17-14(4,5)6/h11-12H,7-10H2,1-6H3,(H,15,16). The highest BCUT2D eigenvalue weighted by molar-refractivity contribution is 5.67. The Morgan fingerprint density at radius 3 is 2.24 bits per heavy atom. The topological polar surface area (TPSA) is 38.3 Å². The van der Waals surface area contributed by atoms with Gasteiger partial charge in [0.15, 0.2) is 0 Å². The number of carbonyl (C=O) groups is 1. The molecule has 0 saturated carbocycles. The van der Waals surface area contributed by atoms with Crippen molar-refractivity contribution >= 4 is 6.09 Å². The number of alkyl carbamates (subject to hydrolysis) is 1. The quantitative estimate of drug-likeness (QED) is 0.766. The van der Waals surface area contributed by atoms with E-state index in [0.29, 0.717) is 5.92 Å². The highest BCUT2D eigenvalue weighted by Gasteiger charge is 2.17. The molecule has 0 rings (SSSR count). The molecule has 0 aliphatic heterocycles. The Morgan fingerprint density at radius 2 is 1.82 bits per heavy atom. The third kappa shape index (κ3) is 9.02. The fraction of sp³-hybridized carbons (Fsp3) is 0.929. The lowest BCUT2D eigenvalue weighted by Crippen LogP contribution is -2.35. The van der Waals surface area contributed by atoms with E-state index in [1.807, 2.05) is 20.8 Å². The van der Waals surface area contributed by atoms with Crippen LogP contribution in [-0.2, 0) is 4.74 Å². The molecule has 0 spiro atoms. The molecule has 3 nitrogen and oxygen atoms in total. The van der Waals surface area contributed by atoms with Crippen molar-refractivity contribution in [3.63, 3.8) is 0 Å². The first-order chi connectivity index (χ1) is 7.78. The van der Waals surface area contributed by atoms with Crippen LogP contribution >= 0.6 is 0 Å². The molecule has 17 heavy (non-hydrogen) atoms. The lowest BCUT2D eigenvalue weighted by Gasteiger charge is -2.22. The van der Waals surface area contributed by atoms with Gasteiger partial charge >= 0.3 is 6.09 Å². The number of nitrogens with one attached hydrogen (secondary N) is 1. The first kappa shape index (κ1) is 16.3. The minimum atomic E-state index is -0.414. The number of amides is 1. The number of hydrogen-bond donors (Lipinski definition) is 1. The molecule has 102 valence electrons. The molecular weight excluding hydrogens is 214 g/mol. The molecule has 0 aromatic heterocycles. The highest BCUT2D eigenvalue weighted by atomic mass is 16.6. The van der Waals surface area contributed by atoms with Crippen LogP contribution in [0, 0.1) is 11.8 Å². The van der Waals surface area contributed by atoms with Crippen LogP contribution < -0.4 is 5.32 Å². The molecular formula is C14H29NO2. The van der Waals surface area contributed by atoms with Crippen LogP contribution in [0.1, 0.15) is 60.8 Å². The monoisotopic (exact) mass is 243 g/mol. The summed E-state index contributed by atoms with van der Waals surface area (Å²) in [5.74, 6) is 1.28. The van der Waals surface area contributed by atoms with Gasteiger partial charge in [-0.25, -0.2) is 4.79 Å². The molecule has 0 aromatic rings. The van der Waals surface area contributed by atoms with Gasteiger partial charge in [-0.3, -0.25) is 0 Å². The molecule has 2 unspecified atom stereocenters. The van der Waals surface area contributed by atoms with Gasteiger partial charge in [-0.05, 0) is 39.0 Å². The van der Waals surface area contributed by atoms with Gasteiger partial charge in [0.05, 0.1) is 0 Å². The SMILES string of the molecule is CCC(C)CC(CC)CNC(=O)OC(C)(C)C. The molecule has 0 radical (unpaired) electrons. The van der Waals surface area contributed by atoms with Crippen LogP contribution in [0.5, 0.6) is 0 Å². The summed E-state index contributed by atoms with van der Waals surface area (Å²) in [5.41, 5.74) is -0.414. The molecule has 0 heterocycles. The van der Waals surface area contributed by atoms with Gasteiger partial charge in [0.25, 0.3) is 0 Å². The Bertz CT molecular complexity index is 221. The summed E-state index contributed by atoms with van der Waals surface area (Å²) in [7, 11) is 0. The molecule has 3 heteroatoms. The van der Waals surface area contributed by atoms with Gasteiger partial charge in [-0.2, -0.15) is 0 Å². The molecule has 0 aliphatic rings. The largest absolute Gasteiger partial charge is 0.444 e. The van der Waals surface area contributed by atoms with Crippen LogP contribution in [0.15, 0.2) is 0 Å². The molecule has 2 atom stereocenters. The van der Waals surface area contributed by atoms with Crippen molar-refractivity contribution in [3.8, 4) is 0 Å². The summed E-state index contributed by atoms with van der Waals surface area (Å²) >= 11 is 0. The summed E-state index contributed by atoms with van der Waals surface area (Å²) in [6, 6.07) is 0. The molecule has 1 N–H and O–H groups in total. The zero-order valence-corrected chi connectivity index (χ0v) is 12.3. The summed E-state index contributed by atoms with van der Waals surface area (Å²) in [4.78, 5) is 11.5. The van der Waals surface area contributed by atoms with Gasteiger partial charge in [-0.1, -0.05) is 33.6 Å². The number of hydrogen-bond acceptors (Lipinski definition) is 2. The lowest BCUT2D eigenvalue weighted by atomic mass is 9.92. The number of ether oxygens (including phenoxy) is 1. The second-order valence-electron chi connectivity index (χ2n) is 5.91. The zero-order chi connectivity index (χ0) is 13.5. The molecule has 0 bridgehead atoms. The summed E-state index contributed by atoms with van der Waals surface area (Å²) < 4.78 is 5.21. The Hall–Kier alpha value is -0.730. The van der Waals surface area contributed by atoms with Crippen molar-refractivity contribution in [2.45, 2.75) is 66.4 Å². The number of carbonyl (C=O) groups excluding carboxylic acids is 1. The summed E-state index contributed by atoms with van der Waals surface area (Å²) in [6.45, 7) is 13.0. The van der Waals surface area contributed by atoms with Crippen molar-refractivity contribution in [3.05, 3.63) is 0 Å². The van der Waals surface area contributed by atoms with Crippen LogP contribution in [0.3, 0.4) is 0 Å². The zero-order valence-electron chi connectivity index (χ0n) is 12.3. The van der Waals surface area contributed by atoms with Gasteiger partial charge in [0, 0.05) is 6.54 Å². The van der Waals surface area contributed by atoms with E-state index in [2.05, 4.69) is 26.1 Å². The van der Waals surface area contributed by atoms with Gasteiger partial charge < -0.3 is 10.1 Å². The van der Waals surface area contributed by atoms with E-state index in [4.69, 9.17) is 4.74 Å². The fourth-order valence-corrected chi connectivity index (χ4v) is 1.67. The predicted molar refractivity (Wildman–Crippen MR) is 72.1 cm³/mol. The van der Waals surface area contributed by atoms with E-state index in [9.17, 15) is 4.79 Å². The van der Waals surface area contributed by atoms with Crippen molar-refractivity contribution in [2.75, 3.05) is 6.54 Å². The van der Waals surface area contributed by atoms with Gasteiger partial charge in [0.2, 0.25) is 0 Å². The van der Waals surface area contributed by atoms with E-state index in [1.165, 1.54) is 12.8 Å². The van der Waals surface area contributed by atoms with E-state index in [0.717, 1.165) is 18.9 Å². The minimum Gasteiger partial charge on any atom is -0.444 e. The maximum atomic E-state index is 11.5. The Balaban J connectivity index is 3.94. The smallest absolute Gasteiger partial charge is 0.407 e. The predicted octanol–water partition coefficient (Wildman–Crippen LogP) is 3.97. The molecule has 0 fully saturated rings. The van der Waals surface area contributed by atoms with E-state index in [1.54, 1.807) is 0 Å². The second kappa shape index (κ2) is 7.57. The maximum absolute atomic E-state index is 11.5. The van der Waals surface area contributed by atoms with Crippen molar-refractivity contribution in [2.24, 2.45) is 11.8 Å². The minimum absolute atomic E-state index is 0.305. The van der Waals surface area contributed by atoms with E-state index < -0.39 is 5.60 Å². The summed E-state index contributed by atoms with van der Waals surface area (Å²) in [6.07, 6.45) is 3.16. The lowest BCUT2D eigenvalue weighted by molar-refractivity contribution is 0.0516. The first-order valence-corrected chi connectivity index (χ1v) is 6.75. The Morgan fingerprint density at radius 1 is 1.24 bits per heavy atom. The average Bonchev–Trinajstić information content (AvgIpc) is 2.21. The first-order valence-electron chi connectivity index (χ1n) is 6.75. The van der Waals surface area contributed by atoms with Crippen molar-refractivity contribution in [1.29, 1.82) is 0 Å². The summed E-state index contributed by atoms with van der Waals surface area (Å²) in [5, 5.41) is 2.86. The number of rotatable bonds is 6. The molecule has 0 saturated heterocycles. The average molecular weight is 243 g/mol. The van der Waals surface area contributed by atoms with E-state index in [-0.39, 0.29) is 6.09 Å². The second-order valence-corrected chi connectivity index (χ2v) is 5.91. The van der Waals surface area contributed by atoms with Crippen molar-refractivity contribution in [1.82, 2.24) is 5.32 Å². The third-order valence-electron chi connectivity index (χ3n) is 2.94. The molecule has 0 aliphatic carbocycles. The normalized spacial score (nSPS) is 15.2. The molecule has 0 aromatic carbocycles. The maximum Gasteiger partial charge on any atom is 0.407 e. The Kier molecular flexibility index (Phi) is 7.24. The van der Waals surface area contributed by atoms with Crippen molar-refractivity contribution < 1.29 is 9.53 Å². The van der Waals surface area contributed by atoms with Crippen LogP contribution in [0.25, 0.3) is 0 Å². The Labute approximate surface area is 106 Å². The van der Waals surface area contributed by atoms with Gasteiger partial charge in [-0.15, -0.1) is 0 Å². The third-order valence-corrected chi connectivity index (χ3v) is 2.94. The van der Waals surface area contributed by atoms with E-state index >= 15 is 0 Å². The van der Waals surface area contributed by atoms with Crippen LogP contribution in [0.2, 0.25) is 0 Å². The highest BCUT2D eigenvalue weighted by Crippen LogP contribution is 2.17. The molecule has 1 amide bonds. The van der Waals surface area contributed by atoms with Crippen LogP contribution in [0.4, 0.5) is 4.79 Å². The van der Waals surface area contributed by atoms with Gasteiger partial charge in [0.1, 0.15) is 5.60 Å². The fourth-order valence-electron chi connectivity index (χ4n) is 1.67. The van der Waals surface area contributed by atoms with Crippen LogP contribution in [-0.4, -0.2) is 18.2 Å².